The van der Waals surface area contributed by atoms with Gasteiger partial charge in [-0.15, -0.1) is 0 Å². The molecule has 1 unspecified atom stereocenters. The van der Waals surface area contributed by atoms with Crippen LogP contribution >= 0.6 is 0 Å². The van der Waals surface area contributed by atoms with Gasteiger partial charge in [-0.05, 0) is 12.0 Å². The number of hydrogen-bond donors (Lipinski definition) is 2. The summed E-state index contributed by atoms with van der Waals surface area (Å²) in [5.41, 5.74) is 6.62. The standard InChI is InChI=1S/C16H26N2O/c1-2-3-4-5-9-12-15(16(17)19)18-13-14-10-7-6-8-11-14/h6-8,10-11,15,18H,2-5,9,12-13H2,1H3,(H2,17,19). The van der Waals surface area contributed by atoms with Gasteiger partial charge in [-0.1, -0.05) is 69.4 Å². The number of benzene rings is 1. The molecule has 0 aliphatic rings. The first-order valence-electron chi connectivity index (χ1n) is 7.30. The van der Waals surface area contributed by atoms with Gasteiger partial charge in [0.2, 0.25) is 5.91 Å². The van der Waals surface area contributed by atoms with E-state index < -0.39 is 0 Å². The van der Waals surface area contributed by atoms with Gasteiger partial charge in [-0.2, -0.15) is 0 Å². The highest BCUT2D eigenvalue weighted by Gasteiger charge is 2.13. The smallest absolute Gasteiger partial charge is 0.234 e. The highest BCUT2D eigenvalue weighted by molar-refractivity contribution is 5.79. The third-order valence-electron chi connectivity index (χ3n) is 3.34. The Morgan fingerprint density at radius 1 is 1.16 bits per heavy atom. The molecule has 1 rings (SSSR count). The van der Waals surface area contributed by atoms with Gasteiger partial charge in [0, 0.05) is 6.54 Å². The first kappa shape index (κ1) is 15.7. The summed E-state index contributed by atoms with van der Waals surface area (Å²) in [7, 11) is 0. The zero-order valence-electron chi connectivity index (χ0n) is 11.9. The molecule has 0 bridgehead atoms. The van der Waals surface area contributed by atoms with E-state index in [1.807, 2.05) is 30.3 Å². The maximum atomic E-state index is 11.4. The summed E-state index contributed by atoms with van der Waals surface area (Å²) in [5.74, 6) is -0.244. The minimum Gasteiger partial charge on any atom is -0.368 e. The molecule has 0 fully saturated rings. The second-order valence-corrected chi connectivity index (χ2v) is 5.02. The largest absolute Gasteiger partial charge is 0.368 e. The molecule has 0 saturated heterocycles. The Bertz CT molecular complexity index is 351. The number of primary amides is 1. The van der Waals surface area contributed by atoms with Gasteiger partial charge in [0.25, 0.3) is 0 Å². The van der Waals surface area contributed by atoms with Crippen molar-refractivity contribution in [3.63, 3.8) is 0 Å². The van der Waals surface area contributed by atoms with E-state index in [1.54, 1.807) is 0 Å². The van der Waals surface area contributed by atoms with Crippen molar-refractivity contribution in [1.82, 2.24) is 5.32 Å². The van der Waals surface area contributed by atoms with Gasteiger partial charge < -0.3 is 11.1 Å². The van der Waals surface area contributed by atoms with Crippen LogP contribution in [0.4, 0.5) is 0 Å². The predicted molar refractivity (Wildman–Crippen MR) is 79.6 cm³/mol. The SMILES string of the molecule is CCCCCCCC(NCc1ccccc1)C(N)=O. The second kappa shape index (κ2) is 9.56. The maximum Gasteiger partial charge on any atom is 0.234 e. The van der Waals surface area contributed by atoms with E-state index >= 15 is 0 Å². The summed E-state index contributed by atoms with van der Waals surface area (Å²) in [6.07, 6.45) is 6.86. The molecule has 0 aliphatic heterocycles. The number of carbonyl (C=O) groups is 1. The summed E-state index contributed by atoms with van der Waals surface area (Å²) in [6, 6.07) is 9.88. The molecule has 106 valence electrons. The molecule has 3 heteroatoms. The van der Waals surface area contributed by atoms with E-state index in [0.717, 1.165) is 12.8 Å². The van der Waals surface area contributed by atoms with E-state index in [9.17, 15) is 4.79 Å². The van der Waals surface area contributed by atoms with Crippen LogP contribution in [0.15, 0.2) is 30.3 Å². The van der Waals surface area contributed by atoms with Gasteiger partial charge in [0.1, 0.15) is 0 Å². The fourth-order valence-corrected chi connectivity index (χ4v) is 2.13. The van der Waals surface area contributed by atoms with Gasteiger partial charge in [-0.25, -0.2) is 0 Å². The van der Waals surface area contributed by atoms with E-state index in [0.29, 0.717) is 6.54 Å². The number of hydrogen-bond acceptors (Lipinski definition) is 2. The molecule has 19 heavy (non-hydrogen) atoms. The number of nitrogens with one attached hydrogen (secondary N) is 1. The average Bonchev–Trinajstić information content (AvgIpc) is 2.42. The van der Waals surface area contributed by atoms with Crippen molar-refractivity contribution in [1.29, 1.82) is 0 Å². The van der Waals surface area contributed by atoms with Crippen molar-refractivity contribution in [3.8, 4) is 0 Å². The monoisotopic (exact) mass is 262 g/mol. The van der Waals surface area contributed by atoms with Crippen molar-refractivity contribution in [2.75, 3.05) is 0 Å². The third-order valence-corrected chi connectivity index (χ3v) is 3.34. The fourth-order valence-electron chi connectivity index (χ4n) is 2.13. The molecular formula is C16H26N2O. The lowest BCUT2D eigenvalue weighted by atomic mass is 10.1. The summed E-state index contributed by atoms with van der Waals surface area (Å²) in [4.78, 5) is 11.4. The van der Waals surface area contributed by atoms with Crippen molar-refractivity contribution in [2.45, 2.75) is 58.0 Å². The van der Waals surface area contributed by atoms with E-state index in [4.69, 9.17) is 5.73 Å². The van der Waals surface area contributed by atoms with Crippen LogP contribution in [-0.2, 0) is 11.3 Å². The molecule has 1 atom stereocenters. The average molecular weight is 262 g/mol. The Balaban J connectivity index is 2.26. The molecule has 0 heterocycles. The molecule has 1 aromatic rings. The van der Waals surface area contributed by atoms with Crippen LogP contribution < -0.4 is 11.1 Å². The van der Waals surface area contributed by atoms with Gasteiger partial charge in [-0.3, -0.25) is 4.79 Å². The highest BCUT2D eigenvalue weighted by Crippen LogP contribution is 2.08. The number of carbonyl (C=O) groups excluding carboxylic acids is 1. The lowest BCUT2D eigenvalue weighted by molar-refractivity contribution is -0.120. The zero-order chi connectivity index (χ0) is 13.9. The maximum absolute atomic E-state index is 11.4. The molecular weight excluding hydrogens is 236 g/mol. The Morgan fingerprint density at radius 3 is 2.47 bits per heavy atom. The van der Waals surface area contributed by atoms with E-state index in [1.165, 1.54) is 31.2 Å². The predicted octanol–water partition coefficient (Wildman–Crippen LogP) is 2.99. The van der Waals surface area contributed by atoms with Crippen LogP contribution in [0.1, 0.15) is 51.0 Å². The summed E-state index contributed by atoms with van der Waals surface area (Å²) >= 11 is 0. The second-order valence-electron chi connectivity index (χ2n) is 5.02. The quantitative estimate of drug-likeness (QED) is 0.637. The molecule has 1 aromatic carbocycles. The topological polar surface area (TPSA) is 55.1 Å². The Hall–Kier alpha value is -1.35. The van der Waals surface area contributed by atoms with Crippen LogP contribution in [0.5, 0.6) is 0 Å². The number of amides is 1. The summed E-state index contributed by atoms with van der Waals surface area (Å²) in [5, 5.41) is 3.25. The van der Waals surface area contributed by atoms with Crippen LogP contribution in [0.25, 0.3) is 0 Å². The van der Waals surface area contributed by atoms with Crippen LogP contribution in [0, 0.1) is 0 Å². The highest BCUT2D eigenvalue weighted by atomic mass is 16.1. The molecule has 3 N–H and O–H groups in total. The van der Waals surface area contributed by atoms with Crippen molar-refractivity contribution >= 4 is 5.91 Å². The van der Waals surface area contributed by atoms with Crippen molar-refractivity contribution < 1.29 is 4.79 Å². The Labute approximate surface area is 116 Å². The lowest BCUT2D eigenvalue weighted by Gasteiger charge is -2.15. The third kappa shape index (κ3) is 6.97. The minimum absolute atomic E-state index is 0.207. The lowest BCUT2D eigenvalue weighted by Crippen LogP contribution is -2.40. The van der Waals surface area contributed by atoms with Gasteiger partial charge in [0.05, 0.1) is 6.04 Å². The molecule has 0 aromatic heterocycles. The molecule has 3 nitrogen and oxygen atoms in total. The Morgan fingerprint density at radius 2 is 1.84 bits per heavy atom. The van der Waals surface area contributed by atoms with E-state index in [2.05, 4.69) is 12.2 Å². The van der Waals surface area contributed by atoms with Crippen LogP contribution in [0.2, 0.25) is 0 Å². The molecule has 1 amide bonds. The van der Waals surface area contributed by atoms with Gasteiger partial charge in [0.15, 0.2) is 0 Å². The van der Waals surface area contributed by atoms with Crippen LogP contribution in [0.3, 0.4) is 0 Å². The minimum atomic E-state index is -0.244. The zero-order valence-corrected chi connectivity index (χ0v) is 11.9. The first-order valence-corrected chi connectivity index (χ1v) is 7.30. The van der Waals surface area contributed by atoms with E-state index in [-0.39, 0.29) is 11.9 Å². The Kier molecular flexibility index (Phi) is 7.91. The first-order chi connectivity index (χ1) is 9.24. The summed E-state index contributed by atoms with van der Waals surface area (Å²) in [6.45, 7) is 2.90. The molecule has 0 radical (unpaired) electrons. The number of rotatable bonds is 10. The van der Waals surface area contributed by atoms with Crippen LogP contribution in [-0.4, -0.2) is 11.9 Å². The fraction of sp³-hybridized carbons (Fsp3) is 0.562. The normalized spacial score (nSPS) is 12.3. The van der Waals surface area contributed by atoms with Crippen molar-refractivity contribution in [3.05, 3.63) is 35.9 Å². The number of nitrogens with two attached hydrogens (primary N) is 1. The molecule has 0 spiro atoms. The summed E-state index contributed by atoms with van der Waals surface area (Å²) < 4.78 is 0. The molecule has 0 saturated carbocycles. The number of unbranched alkanes of at least 4 members (excludes halogenated alkanes) is 4. The molecule has 0 aliphatic carbocycles. The van der Waals surface area contributed by atoms with Gasteiger partial charge >= 0.3 is 0 Å². The van der Waals surface area contributed by atoms with Crippen molar-refractivity contribution in [2.24, 2.45) is 5.73 Å².